The zero-order chi connectivity index (χ0) is 23.9. The third-order valence-electron chi connectivity index (χ3n) is 6.15. The van der Waals surface area contributed by atoms with Crippen molar-refractivity contribution >= 4 is 23.2 Å². The highest BCUT2D eigenvalue weighted by Gasteiger charge is 2.27. The van der Waals surface area contributed by atoms with Crippen molar-refractivity contribution in [2.24, 2.45) is 5.73 Å². The van der Waals surface area contributed by atoms with Gasteiger partial charge in [-0.15, -0.1) is 0 Å². The number of nitrogens with two attached hydrogens (primary N) is 1. The third-order valence-corrected chi connectivity index (χ3v) is 6.15. The SMILES string of the molecule is CCc1cnc(Nc2cccc(NCCCC(N)=O)c2)nc1-c1c(C2CCNCC2)noc1C. The fraction of sp³-hybridized carbons (Fsp3) is 0.440. The summed E-state index contributed by atoms with van der Waals surface area (Å²) < 4.78 is 5.65. The molecule has 9 nitrogen and oxygen atoms in total. The lowest BCUT2D eigenvalue weighted by molar-refractivity contribution is -0.118. The molecule has 1 fully saturated rings. The van der Waals surface area contributed by atoms with Crippen LogP contribution in [0.3, 0.4) is 0 Å². The molecule has 34 heavy (non-hydrogen) atoms. The molecule has 3 aromatic rings. The molecule has 0 atom stereocenters. The summed E-state index contributed by atoms with van der Waals surface area (Å²) in [7, 11) is 0. The van der Waals surface area contributed by atoms with Gasteiger partial charge in [-0.3, -0.25) is 4.79 Å². The lowest BCUT2D eigenvalue weighted by Gasteiger charge is -2.22. The third kappa shape index (κ3) is 5.72. The summed E-state index contributed by atoms with van der Waals surface area (Å²) in [5.74, 6) is 1.39. The molecule has 0 unspecified atom stereocenters. The summed E-state index contributed by atoms with van der Waals surface area (Å²) >= 11 is 0. The predicted molar refractivity (Wildman–Crippen MR) is 133 cm³/mol. The molecule has 1 aromatic carbocycles. The first-order valence-electron chi connectivity index (χ1n) is 12.0. The molecule has 180 valence electrons. The number of amides is 1. The Hall–Kier alpha value is -3.46. The normalized spacial score (nSPS) is 14.2. The second-order valence-electron chi connectivity index (χ2n) is 8.65. The molecule has 0 radical (unpaired) electrons. The molecule has 0 bridgehead atoms. The Bertz CT molecular complexity index is 1120. The van der Waals surface area contributed by atoms with Crippen molar-refractivity contribution in [2.75, 3.05) is 30.3 Å². The number of rotatable bonds is 10. The number of aromatic nitrogens is 3. The van der Waals surface area contributed by atoms with Crippen LogP contribution in [0.25, 0.3) is 11.3 Å². The Balaban J connectivity index is 1.56. The van der Waals surface area contributed by atoms with Gasteiger partial charge in [0, 0.05) is 36.5 Å². The van der Waals surface area contributed by atoms with Crippen molar-refractivity contribution in [3.63, 3.8) is 0 Å². The Morgan fingerprint density at radius 2 is 2.06 bits per heavy atom. The Labute approximate surface area is 199 Å². The number of carbonyl (C=O) groups is 1. The number of hydrogen-bond donors (Lipinski definition) is 4. The maximum absolute atomic E-state index is 10.9. The van der Waals surface area contributed by atoms with Crippen LogP contribution in [0.1, 0.15) is 55.5 Å². The van der Waals surface area contributed by atoms with E-state index in [1.165, 1.54) is 0 Å². The van der Waals surface area contributed by atoms with Crippen LogP contribution in [0.4, 0.5) is 17.3 Å². The minimum Gasteiger partial charge on any atom is -0.385 e. The molecule has 3 heterocycles. The summed E-state index contributed by atoms with van der Waals surface area (Å²) in [6.07, 6.45) is 5.83. The van der Waals surface area contributed by atoms with E-state index in [0.717, 1.165) is 72.0 Å². The van der Waals surface area contributed by atoms with Gasteiger partial charge in [-0.1, -0.05) is 18.1 Å². The smallest absolute Gasteiger partial charge is 0.227 e. The highest BCUT2D eigenvalue weighted by molar-refractivity contribution is 5.73. The standard InChI is InChI=1S/C25H33N7O2/c1-3-17-15-29-25(30-20-7-4-6-19(14-20)28-11-5-8-21(26)33)31-23(17)22-16(2)34-32-24(22)18-9-12-27-13-10-18/h4,6-7,14-15,18,27-28H,3,5,8-13H2,1-2H3,(H2,26,33)(H,29,30,31). The fourth-order valence-electron chi connectivity index (χ4n) is 4.32. The van der Waals surface area contributed by atoms with Crippen LogP contribution in [-0.2, 0) is 11.2 Å². The van der Waals surface area contributed by atoms with Crippen molar-refractivity contribution in [3.05, 3.63) is 47.5 Å². The molecular weight excluding hydrogens is 430 g/mol. The summed E-state index contributed by atoms with van der Waals surface area (Å²) in [6, 6.07) is 7.90. The van der Waals surface area contributed by atoms with E-state index in [4.69, 9.17) is 15.2 Å². The highest BCUT2D eigenvalue weighted by Crippen LogP contribution is 2.37. The van der Waals surface area contributed by atoms with Gasteiger partial charge in [-0.05, 0) is 69.5 Å². The predicted octanol–water partition coefficient (Wildman–Crippen LogP) is 3.89. The van der Waals surface area contributed by atoms with E-state index in [1.807, 2.05) is 37.4 Å². The topological polar surface area (TPSA) is 131 Å². The molecule has 1 amide bonds. The van der Waals surface area contributed by atoms with Gasteiger partial charge in [-0.2, -0.15) is 0 Å². The Morgan fingerprint density at radius 1 is 1.26 bits per heavy atom. The maximum atomic E-state index is 10.9. The van der Waals surface area contributed by atoms with E-state index in [2.05, 4.69) is 33.0 Å². The first-order chi connectivity index (χ1) is 16.5. The average Bonchev–Trinajstić information content (AvgIpc) is 3.23. The summed E-state index contributed by atoms with van der Waals surface area (Å²) in [5.41, 5.74) is 11.0. The van der Waals surface area contributed by atoms with Gasteiger partial charge in [0.15, 0.2) is 0 Å². The van der Waals surface area contributed by atoms with Gasteiger partial charge >= 0.3 is 0 Å². The van der Waals surface area contributed by atoms with Crippen LogP contribution in [-0.4, -0.2) is 40.7 Å². The monoisotopic (exact) mass is 463 g/mol. The number of piperidine rings is 1. The zero-order valence-corrected chi connectivity index (χ0v) is 19.9. The number of hydrogen-bond acceptors (Lipinski definition) is 8. The molecule has 1 aliphatic heterocycles. The number of benzene rings is 1. The van der Waals surface area contributed by atoms with Crippen LogP contribution < -0.4 is 21.7 Å². The Kier molecular flexibility index (Phi) is 7.74. The van der Waals surface area contributed by atoms with Gasteiger partial charge in [0.05, 0.1) is 17.0 Å². The summed E-state index contributed by atoms with van der Waals surface area (Å²) in [4.78, 5) is 20.4. The van der Waals surface area contributed by atoms with E-state index in [1.54, 1.807) is 0 Å². The fourth-order valence-corrected chi connectivity index (χ4v) is 4.32. The Morgan fingerprint density at radius 3 is 2.82 bits per heavy atom. The lowest BCUT2D eigenvalue weighted by Crippen LogP contribution is -2.27. The second-order valence-corrected chi connectivity index (χ2v) is 8.65. The van der Waals surface area contributed by atoms with Crippen LogP contribution in [0, 0.1) is 6.92 Å². The average molecular weight is 464 g/mol. The molecule has 0 aliphatic carbocycles. The summed E-state index contributed by atoms with van der Waals surface area (Å²) in [5, 5.41) is 14.5. The largest absolute Gasteiger partial charge is 0.385 e. The van der Waals surface area contributed by atoms with Crippen LogP contribution in [0.5, 0.6) is 0 Å². The quantitative estimate of drug-likeness (QED) is 0.333. The van der Waals surface area contributed by atoms with Gasteiger partial charge in [0.2, 0.25) is 11.9 Å². The van der Waals surface area contributed by atoms with E-state index < -0.39 is 0 Å². The van der Waals surface area contributed by atoms with Crippen molar-refractivity contribution in [1.82, 2.24) is 20.4 Å². The molecule has 4 rings (SSSR count). The van der Waals surface area contributed by atoms with Gasteiger partial charge in [0.1, 0.15) is 5.76 Å². The van der Waals surface area contributed by atoms with Crippen LogP contribution >= 0.6 is 0 Å². The zero-order valence-electron chi connectivity index (χ0n) is 19.9. The molecule has 5 N–H and O–H groups in total. The first-order valence-corrected chi connectivity index (χ1v) is 12.0. The van der Waals surface area contributed by atoms with E-state index >= 15 is 0 Å². The van der Waals surface area contributed by atoms with E-state index in [0.29, 0.717) is 31.3 Å². The first kappa shape index (κ1) is 23.7. The minimum absolute atomic E-state index is 0.285. The number of aryl methyl sites for hydroxylation is 2. The van der Waals surface area contributed by atoms with E-state index in [-0.39, 0.29) is 5.91 Å². The van der Waals surface area contributed by atoms with Gasteiger partial charge < -0.3 is 26.2 Å². The van der Waals surface area contributed by atoms with E-state index in [9.17, 15) is 4.79 Å². The number of primary amides is 1. The van der Waals surface area contributed by atoms with Crippen LogP contribution in [0.2, 0.25) is 0 Å². The minimum atomic E-state index is -0.285. The molecular formula is C25H33N7O2. The van der Waals surface area contributed by atoms with Crippen LogP contribution in [0.15, 0.2) is 35.0 Å². The van der Waals surface area contributed by atoms with Gasteiger partial charge in [0.25, 0.3) is 0 Å². The molecule has 2 aromatic heterocycles. The van der Waals surface area contributed by atoms with Crippen molar-refractivity contribution in [3.8, 4) is 11.3 Å². The number of anilines is 3. The van der Waals surface area contributed by atoms with Crippen molar-refractivity contribution in [2.45, 2.75) is 51.9 Å². The second kappa shape index (κ2) is 11.1. The highest BCUT2D eigenvalue weighted by atomic mass is 16.5. The molecule has 0 spiro atoms. The van der Waals surface area contributed by atoms with Crippen molar-refractivity contribution in [1.29, 1.82) is 0 Å². The lowest BCUT2D eigenvalue weighted by atomic mass is 9.89. The number of nitrogens with zero attached hydrogens (tertiary/aromatic N) is 3. The van der Waals surface area contributed by atoms with Gasteiger partial charge in [-0.25, -0.2) is 9.97 Å². The maximum Gasteiger partial charge on any atom is 0.227 e. The summed E-state index contributed by atoms with van der Waals surface area (Å²) in [6.45, 7) is 6.70. The molecule has 9 heteroatoms. The number of nitrogens with one attached hydrogen (secondary N) is 3. The molecule has 0 saturated carbocycles. The molecule has 1 aliphatic rings. The van der Waals surface area contributed by atoms with Crippen molar-refractivity contribution < 1.29 is 9.32 Å². The molecule has 1 saturated heterocycles. The number of carbonyl (C=O) groups excluding carboxylic acids is 1.